The Morgan fingerprint density at radius 1 is 1.37 bits per heavy atom. The number of aromatic nitrogens is 1. The fourth-order valence-electron chi connectivity index (χ4n) is 1.71. The van der Waals surface area contributed by atoms with Gasteiger partial charge < -0.3 is 11.5 Å². The lowest BCUT2D eigenvalue weighted by Crippen LogP contribution is -2.13. The van der Waals surface area contributed by atoms with Crippen LogP contribution in [0.5, 0.6) is 0 Å². The predicted octanol–water partition coefficient (Wildman–Crippen LogP) is 3.91. The maximum Gasteiger partial charge on any atom is 0.151 e. The van der Waals surface area contributed by atoms with Crippen LogP contribution in [-0.2, 0) is 0 Å². The monoisotopic (exact) mass is 317 g/mol. The number of unbranched alkanes of at least 4 members (excludes halogenated alkanes) is 1. The van der Waals surface area contributed by atoms with Crippen molar-refractivity contribution in [3.8, 4) is 0 Å². The van der Waals surface area contributed by atoms with Crippen LogP contribution in [-0.4, -0.2) is 16.8 Å². The normalized spacial score (nSPS) is 12.3. The second kappa shape index (κ2) is 7.94. The van der Waals surface area contributed by atoms with Crippen molar-refractivity contribution in [1.82, 2.24) is 4.98 Å². The van der Waals surface area contributed by atoms with Crippen molar-refractivity contribution in [3.63, 3.8) is 0 Å². The number of anilines is 1. The number of thiazole rings is 1. The molecule has 4 N–H and O–H groups in total. The number of nitrogens with zero attached hydrogens (tertiary/aromatic N) is 1. The summed E-state index contributed by atoms with van der Waals surface area (Å²) in [5.74, 6) is 1.11. The summed E-state index contributed by atoms with van der Waals surface area (Å²) in [7, 11) is 0. The van der Waals surface area contributed by atoms with Crippen molar-refractivity contribution in [2.45, 2.75) is 36.6 Å². The second-order valence-electron chi connectivity index (χ2n) is 4.53. The minimum Gasteiger partial charge on any atom is -0.399 e. The summed E-state index contributed by atoms with van der Waals surface area (Å²) in [6.07, 6.45) is 3.50. The van der Waals surface area contributed by atoms with Crippen LogP contribution in [0.4, 0.5) is 5.69 Å². The van der Waals surface area contributed by atoms with Crippen molar-refractivity contribution >= 4 is 51.4 Å². The maximum atomic E-state index is 5.76. The fraction of sp³-hybridized carbons (Fsp3) is 0.462. The van der Waals surface area contributed by atoms with Crippen LogP contribution >= 0.6 is 35.5 Å². The molecular formula is C13H20ClN3S2. The predicted molar refractivity (Wildman–Crippen MR) is 89.5 cm³/mol. The van der Waals surface area contributed by atoms with E-state index in [1.807, 2.05) is 30.0 Å². The Balaban J connectivity index is 0.00000180. The van der Waals surface area contributed by atoms with Gasteiger partial charge in [0, 0.05) is 17.5 Å². The summed E-state index contributed by atoms with van der Waals surface area (Å²) >= 11 is 3.55. The second-order valence-corrected chi connectivity index (χ2v) is 6.90. The first kappa shape index (κ1) is 16.6. The molecule has 0 saturated heterocycles. The molecule has 1 aromatic carbocycles. The van der Waals surface area contributed by atoms with Gasteiger partial charge in [-0.1, -0.05) is 18.2 Å². The maximum absolute atomic E-state index is 5.76. The molecular weight excluding hydrogens is 298 g/mol. The van der Waals surface area contributed by atoms with Gasteiger partial charge in [0.25, 0.3) is 0 Å². The molecule has 0 amide bonds. The lowest BCUT2D eigenvalue weighted by molar-refractivity contribution is 0.618. The van der Waals surface area contributed by atoms with Gasteiger partial charge in [-0.25, -0.2) is 4.98 Å². The molecule has 3 nitrogen and oxygen atoms in total. The van der Waals surface area contributed by atoms with Crippen LogP contribution in [0.25, 0.3) is 10.2 Å². The number of nitrogen functional groups attached to an aromatic ring is 1. The number of benzene rings is 1. The smallest absolute Gasteiger partial charge is 0.151 e. The number of hydrogen-bond acceptors (Lipinski definition) is 5. The Morgan fingerprint density at radius 3 is 2.89 bits per heavy atom. The molecule has 0 saturated carbocycles. The quantitative estimate of drug-likeness (QED) is 0.481. The molecule has 2 aromatic rings. The first-order valence-electron chi connectivity index (χ1n) is 6.19. The van der Waals surface area contributed by atoms with Crippen molar-refractivity contribution in [3.05, 3.63) is 18.2 Å². The Labute approximate surface area is 128 Å². The van der Waals surface area contributed by atoms with Gasteiger partial charge in [-0.3, -0.25) is 0 Å². The van der Waals surface area contributed by atoms with Crippen LogP contribution < -0.4 is 11.5 Å². The van der Waals surface area contributed by atoms with Gasteiger partial charge >= 0.3 is 0 Å². The number of hydrogen-bond donors (Lipinski definition) is 2. The Morgan fingerprint density at radius 2 is 2.16 bits per heavy atom. The first-order valence-corrected chi connectivity index (χ1v) is 8.00. The third-order valence-corrected chi connectivity index (χ3v) is 4.92. The van der Waals surface area contributed by atoms with Gasteiger partial charge in [0.15, 0.2) is 4.34 Å². The Kier molecular flexibility index (Phi) is 6.93. The van der Waals surface area contributed by atoms with E-state index in [1.165, 1.54) is 17.5 Å². The largest absolute Gasteiger partial charge is 0.399 e. The number of fused-ring (bicyclic) bond motifs is 1. The molecule has 1 heterocycles. The van der Waals surface area contributed by atoms with Crippen molar-refractivity contribution in [2.24, 2.45) is 5.73 Å². The number of thioether (sulfide) groups is 1. The van der Waals surface area contributed by atoms with E-state index in [2.05, 4.69) is 11.9 Å². The molecule has 2 rings (SSSR count). The van der Waals surface area contributed by atoms with E-state index >= 15 is 0 Å². The van der Waals surface area contributed by atoms with Crippen LogP contribution in [0.2, 0.25) is 0 Å². The molecule has 1 aromatic heterocycles. The minimum atomic E-state index is 0. The summed E-state index contributed by atoms with van der Waals surface area (Å²) in [6.45, 7) is 2.06. The van der Waals surface area contributed by atoms with Gasteiger partial charge in [-0.2, -0.15) is 0 Å². The average molecular weight is 318 g/mol. The van der Waals surface area contributed by atoms with E-state index < -0.39 is 0 Å². The Hall–Kier alpha value is -0.490. The van der Waals surface area contributed by atoms with Crippen molar-refractivity contribution in [2.75, 3.05) is 11.5 Å². The molecule has 0 fully saturated rings. The lowest BCUT2D eigenvalue weighted by atomic mass is 10.2. The average Bonchev–Trinajstić information content (AvgIpc) is 2.70. The third-order valence-electron chi connectivity index (χ3n) is 2.67. The van der Waals surface area contributed by atoms with Gasteiger partial charge in [0.1, 0.15) is 0 Å². The van der Waals surface area contributed by atoms with Crippen LogP contribution in [0.15, 0.2) is 22.5 Å². The van der Waals surface area contributed by atoms with E-state index in [1.54, 1.807) is 11.3 Å². The summed E-state index contributed by atoms with van der Waals surface area (Å²) in [5, 5.41) is 0. The molecule has 0 aliphatic rings. The summed E-state index contributed by atoms with van der Waals surface area (Å²) in [6, 6.07) is 6.20. The molecule has 0 aliphatic heterocycles. The topological polar surface area (TPSA) is 64.9 Å². The SMILES string of the molecule is C[C@@H](N)CCCCSc1nc2ccc(N)cc2s1.Cl. The molecule has 0 radical (unpaired) electrons. The molecule has 1 atom stereocenters. The van der Waals surface area contributed by atoms with E-state index in [0.29, 0.717) is 6.04 Å². The van der Waals surface area contributed by atoms with Crippen LogP contribution in [0, 0.1) is 0 Å². The summed E-state index contributed by atoms with van der Waals surface area (Å²) < 4.78 is 2.31. The van der Waals surface area contributed by atoms with E-state index in [9.17, 15) is 0 Å². The van der Waals surface area contributed by atoms with Crippen molar-refractivity contribution in [1.29, 1.82) is 0 Å². The Bertz CT molecular complexity index is 514. The highest BCUT2D eigenvalue weighted by molar-refractivity contribution is 8.01. The van der Waals surface area contributed by atoms with Gasteiger partial charge in [0.05, 0.1) is 10.2 Å². The molecule has 0 aliphatic carbocycles. The van der Waals surface area contributed by atoms with Crippen LogP contribution in [0.3, 0.4) is 0 Å². The summed E-state index contributed by atoms with van der Waals surface area (Å²) in [4.78, 5) is 4.59. The van der Waals surface area contributed by atoms with Gasteiger partial charge in [-0.15, -0.1) is 23.7 Å². The minimum absolute atomic E-state index is 0. The first-order chi connectivity index (χ1) is 8.65. The standard InChI is InChI=1S/C13H19N3S2.ClH/c1-9(14)4-2-3-7-17-13-16-11-6-5-10(15)8-12(11)18-13;/h5-6,8-9H,2-4,7,14-15H2,1H3;1H/t9-;/m1./s1. The molecule has 106 valence electrons. The van der Waals surface area contributed by atoms with Gasteiger partial charge in [-0.05, 0) is 38.0 Å². The lowest BCUT2D eigenvalue weighted by Gasteiger charge is -2.02. The highest BCUT2D eigenvalue weighted by Gasteiger charge is 2.04. The number of rotatable bonds is 6. The summed E-state index contributed by atoms with van der Waals surface area (Å²) in [5.41, 5.74) is 13.3. The zero-order valence-corrected chi connectivity index (χ0v) is 13.4. The van der Waals surface area contributed by atoms with E-state index in [4.69, 9.17) is 11.5 Å². The van der Waals surface area contributed by atoms with Gasteiger partial charge in [0.2, 0.25) is 0 Å². The molecule has 0 spiro atoms. The molecule has 19 heavy (non-hydrogen) atoms. The van der Waals surface area contributed by atoms with Crippen molar-refractivity contribution < 1.29 is 0 Å². The highest BCUT2D eigenvalue weighted by Crippen LogP contribution is 2.31. The fourth-order valence-corrected chi connectivity index (χ4v) is 3.90. The molecule has 0 bridgehead atoms. The molecule has 6 heteroatoms. The third kappa shape index (κ3) is 5.18. The van der Waals surface area contributed by atoms with E-state index in [-0.39, 0.29) is 12.4 Å². The van der Waals surface area contributed by atoms with Crippen LogP contribution in [0.1, 0.15) is 26.2 Å². The zero-order valence-electron chi connectivity index (χ0n) is 11.0. The molecule has 0 unspecified atom stereocenters. The van der Waals surface area contributed by atoms with E-state index in [0.717, 1.165) is 27.7 Å². The number of nitrogens with two attached hydrogens (primary N) is 2. The highest BCUT2D eigenvalue weighted by atomic mass is 35.5. The zero-order chi connectivity index (χ0) is 13.0. The number of halogens is 1.